The Morgan fingerprint density at radius 3 is 2.88 bits per heavy atom. The van der Waals surface area contributed by atoms with Crippen LogP contribution in [0.5, 0.6) is 0 Å². The Bertz CT molecular complexity index is 336. The van der Waals surface area contributed by atoms with Gasteiger partial charge in [0.1, 0.15) is 0 Å². The van der Waals surface area contributed by atoms with Crippen LogP contribution in [-0.2, 0) is 16.6 Å². The zero-order valence-electron chi connectivity index (χ0n) is 9.39. The number of pyridine rings is 1. The molecule has 0 bridgehead atoms. The highest BCUT2D eigenvalue weighted by Crippen LogP contribution is 2.10. The van der Waals surface area contributed by atoms with Crippen molar-refractivity contribution in [2.75, 3.05) is 12.3 Å². The van der Waals surface area contributed by atoms with E-state index >= 15 is 0 Å². The second kappa shape index (κ2) is 6.11. The van der Waals surface area contributed by atoms with Gasteiger partial charge in [0.2, 0.25) is 0 Å². The Hall–Kier alpha value is -0.740. The number of nitrogens with zero attached hydrogens (tertiary/aromatic N) is 1. The molecule has 16 heavy (non-hydrogen) atoms. The van der Waals surface area contributed by atoms with Crippen LogP contribution in [0.1, 0.15) is 24.8 Å². The molecule has 0 spiro atoms. The van der Waals surface area contributed by atoms with Crippen molar-refractivity contribution in [3.8, 4) is 0 Å². The Kier molecular flexibility index (Phi) is 4.48. The van der Waals surface area contributed by atoms with Crippen molar-refractivity contribution in [1.82, 2.24) is 10.3 Å². The molecule has 1 aliphatic rings. The first-order valence-electron chi connectivity index (χ1n) is 5.82. The minimum absolute atomic E-state index is 0.455. The molecule has 2 heterocycles. The van der Waals surface area contributed by atoms with Gasteiger partial charge >= 0.3 is 0 Å². The summed E-state index contributed by atoms with van der Waals surface area (Å²) in [5.74, 6) is 1.43. The second-order valence-corrected chi connectivity index (χ2v) is 5.75. The third-order valence-corrected chi connectivity index (χ3v) is 4.31. The normalized spacial score (nSPS) is 22.9. The van der Waals surface area contributed by atoms with E-state index in [0.717, 1.165) is 17.9 Å². The van der Waals surface area contributed by atoms with Crippen molar-refractivity contribution in [2.24, 2.45) is 0 Å². The van der Waals surface area contributed by atoms with Gasteiger partial charge in [-0.05, 0) is 37.1 Å². The highest BCUT2D eigenvalue weighted by Gasteiger charge is 2.15. The molecule has 1 aliphatic heterocycles. The minimum atomic E-state index is -0.759. The number of aromatic nitrogens is 1. The Balaban J connectivity index is 1.80. The largest absolute Gasteiger partial charge is 0.313 e. The van der Waals surface area contributed by atoms with Crippen LogP contribution in [0.4, 0.5) is 0 Å². The van der Waals surface area contributed by atoms with Gasteiger partial charge in [0.25, 0.3) is 0 Å². The van der Waals surface area contributed by atoms with Crippen LogP contribution in [0.15, 0.2) is 24.5 Å². The number of nitrogens with one attached hydrogen (secondary N) is 1. The van der Waals surface area contributed by atoms with E-state index in [-0.39, 0.29) is 0 Å². The third kappa shape index (κ3) is 3.68. The maximum atomic E-state index is 11.9. The van der Waals surface area contributed by atoms with E-state index in [2.05, 4.69) is 10.3 Å². The van der Waals surface area contributed by atoms with Gasteiger partial charge in [-0.25, -0.2) is 0 Å². The molecule has 0 unspecified atom stereocenters. The van der Waals surface area contributed by atoms with Crippen LogP contribution in [0, 0.1) is 0 Å². The van der Waals surface area contributed by atoms with Gasteiger partial charge in [0.15, 0.2) is 0 Å². The molecule has 1 fully saturated rings. The van der Waals surface area contributed by atoms with Crippen LogP contribution in [0.25, 0.3) is 0 Å². The Morgan fingerprint density at radius 1 is 1.38 bits per heavy atom. The summed E-state index contributed by atoms with van der Waals surface area (Å²) in [6.45, 7) is 1.08. The van der Waals surface area contributed by atoms with E-state index in [9.17, 15) is 4.21 Å². The van der Waals surface area contributed by atoms with E-state index in [4.69, 9.17) is 0 Å². The highest BCUT2D eigenvalue weighted by molar-refractivity contribution is 7.84. The van der Waals surface area contributed by atoms with E-state index in [1.54, 1.807) is 12.4 Å². The number of piperidine rings is 1. The fraction of sp³-hybridized carbons (Fsp3) is 0.583. The van der Waals surface area contributed by atoms with Crippen LogP contribution in [0.3, 0.4) is 0 Å². The average molecular weight is 238 g/mol. The average Bonchev–Trinajstić information content (AvgIpc) is 2.31. The van der Waals surface area contributed by atoms with Gasteiger partial charge in [-0.2, -0.15) is 0 Å². The van der Waals surface area contributed by atoms with E-state index in [0.29, 0.717) is 11.8 Å². The smallest absolute Gasteiger partial charge is 0.0487 e. The van der Waals surface area contributed by atoms with Crippen LogP contribution in [0.2, 0.25) is 0 Å². The molecule has 2 rings (SSSR count). The van der Waals surface area contributed by atoms with Gasteiger partial charge in [0.05, 0.1) is 0 Å². The van der Waals surface area contributed by atoms with Crippen LogP contribution in [-0.4, -0.2) is 27.5 Å². The fourth-order valence-corrected chi connectivity index (χ4v) is 3.43. The molecular formula is C12H18N2OS. The second-order valence-electron chi connectivity index (χ2n) is 4.25. The molecule has 3 nitrogen and oxygen atoms in total. The summed E-state index contributed by atoms with van der Waals surface area (Å²) >= 11 is 0. The molecule has 2 atom stereocenters. The first-order valence-corrected chi connectivity index (χ1v) is 7.30. The number of hydrogen-bond acceptors (Lipinski definition) is 3. The predicted octanol–water partition coefficient (Wildman–Crippen LogP) is 1.47. The molecule has 1 aromatic heterocycles. The molecular weight excluding hydrogens is 220 g/mol. The van der Waals surface area contributed by atoms with Gasteiger partial charge in [-0.3, -0.25) is 9.19 Å². The number of rotatable bonds is 4. The van der Waals surface area contributed by atoms with E-state index in [1.807, 2.05) is 12.1 Å². The van der Waals surface area contributed by atoms with Crippen molar-refractivity contribution < 1.29 is 4.21 Å². The predicted molar refractivity (Wildman–Crippen MR) is 66.6 cm³/mol. The first kappa shape index (κ1) is 11.7. The lowest BCUT2D eigenvalue weighted by Gasteiger charge is -2.22. The standard InChI is InChI=1S/C12H18N2OS/c15-16(9-11-4-7-13-8-5-11)10-12-3-1-2-6-14-12/h4-5,7-8,12,14H,1-3,6,9-10H2/t12-,16-/m1/s1. The Morgan fingerprint density at radius 2 is 2.19 bits per heavy atom. The molecule has 1 saturated heterocycles. The maximum absolute atomic E-state index is 11.9. The molecule has 0 aromatic carbocycles. The molecule has 1 aromatic rings. The van der Waals surface area contributed by atoms with Crippen LogP contribution >= 0.6 is 0 Å². The van der Waals surface area contributed by atoms with E-state index < -0.39 is 10.8 Å². The summed E-state index contributed by atoms with van der Waals surface area (Å²) < 4.78 is 11.9. The van der Waals surface area contributed by atoms with Gasteiger partial charge in [-0.1, -0.05) is 6.42 Å². The van der Waals surface area contributed by atoms with E-state index in [1.165, 1.54) is 19.3 Å². The molecule has 1 N–H and O–H groups in total. The summed E-state index contributed by atoms with van der Waals surface area (Å²) in [5.41, 5.74) is 1.11. The van der Waals surface area contributed by atoms with Crippen molar-refractivity contribution in [2.45, 2.75) is 31.1 Å². The van der Waals surface area contributed by atoms with Crippen molar-refractivity contribution >= 4 is 10.8 Å². The van der Waals surface area contributed by atoms with Crippen molar-refractivity contribution in [3.05, 3.63) is 30.1 Å². The molecule has 0 amide bonds. The summed E-state index contributed by atoms with van der Waals surface area (Å²) in [6, 6.07) is 4.33. The maximum Gasteiger partial charge on any atom is 0.0487 e. The molecule has 0 saturated carbocycles. The summed E-state index contributed by atoms with van der Waals surface area (Å²) in [4.78, 5) is 3.96. The zero-order chi connectivity index (χ0) is 11.2. The van der Waals surface area contributed by atoms with Crippen molar-refractivity contribution in [3.63, 3.8) is 0 Å². The van der Waals surface area contributed by atoms with Gasteiger partial charge in [0, 0.05) is 40.7 Å². The summed E-state index contributed by atoms with van der Waals surface area (Å²) in [5, 5.41) is 3.43. The molecule has 0 aliphatic carbocycles. The fourth-order valence-electron chi connectivity index (χ4n) is 2.01. The minimum Gasteiger partial charge on any atom is -0.313 e. The summed E-state index contributed by atoms with van der Waals surface area (Å²) in [7, 11) is -0.759. The lowest BCUT2D eigenvalue weighted by Crippen LogP contribution is -2.38. The first-order chi connectivity index (χ1) is 7.84. The molecule has 4 heteroatoms. The SMILES string of the molecule is O=[S@](Cc1ccncc1)C[C@H]1CCCCN1. The van der Waals surface area contributed by atoms with Crippen LogP contribution < -0.4 is 5.32 Å². The monoisotopic (exact) mass is 238 g/mol. The lowest BCUT2D eigenvalue weighted by atomic mass is 10.1. The lowest BCUT2D eigenvalue weighted by molar-refractivity contribution is 0.427. The zero-order valence-corrected chi connectivity index (χ0v) is 10.2. The quantitative estimate of drug-likeness (QED) is 0.864. The van der Waals surface area contributed by atoms with Gasteiger partial charge in [-0.15, -0.1) is 0 Å². The van der Waals surface area contributed by atoms with Gasteiger partial charge < -0.3 is 5.32 Å². The summed E-state index contributed by atoms with van der Waals surface area (Å²) in [6.07, 6.45) is 7.20. The molecule has 88 valence electrons. The number of hydrogen-bond donors (Lipinski definition) is 1. The Labute approximate surface area is 99.1 Å². The topological polar surface area (TPSA) is 42.0 Å². The third-order valence-electron chi connectivity index (χ3n) is 2.88. The highest BCUT2D eigenvalue weighted by atomic mass is 32.2. The molecule has 0 radical (unpaired) electrons. The van der Waals surface area contributed by atoms with Crippen molar-refractivity contribution in [1.29, 1.82) is 0 Å².